The number of aryl methyl sites for hydroxylation is 1. The standard InChI is InChI=1S/C17H22N2O4S/c1-5-19(8-9-20)17(21)15-11(2)18-16(24-15)12-6-7-13(22-3)14(10-12)23-4/h6-7,10,20H,5,8-9H2,1-4H3. The van der Waals surface area contributed by atoms with E-state index in [1.807, 2.05) is 32.0 Å². The number of nitrogens with zero attached hydrogens (tertiary/aromatic N) is 2. The first kappa shape index (κ1) is 18.2. The second-order valence-corrected chi connectivity index (χ2v) is 6.11. The molecular weight excluding hydrogens is 328 g/mol. The molecule has 0 aliphatic carbocycles. The molecule has 0 aliphatic rings. The average Bonchev–Trinajstić information content (AvgIpc) is 3.00. The Labute approximate surface area is 145 Å². The third kappa shape index (κ3) is 3.68. The zero-order chi connectivity index (χ0) is 17.7. The number of ether oxygens (including phenoxy) is 2. The molecule has 0 fully saturated rings. The lowest BCUT2D eigenvalue weighted by atomic mass is 10.2. The molecule has 24 heavy (non-hydrogen) atoms. The topological polar surface area (TPSA) is 71.9 Å². The Kier molecular flexibility index (Phi) is 6.16. The molecule has 0 bridgehead atoms. The molecule has 6 nitrogen and oxygen atoms in total. The SMILES string of the molecule is CCN(CCO)C(=O)c1sc(-c2ccc(OC)c(OC)c2)nc1C. The van der Waals surface area contributed by atoms with Crippen LogP contribution in [-0.4, -0.2) is 54.8 Å². The second-order valence-electron chi connectivity index (χ2n) is 5.11. The number of likely N-dealkylation sites (N-methyl/N-ethyl adjacent to an activating group) is 1. The summed E-state index contributed by atoms with van der Waals surface area (Å²) in [6.45, 7) is 4.51. The van der Waals surface area contributed by atoms with Gasteiger partial charge >= 0.3 is 0 Å². The summed E-state index contributed by atoms with van der Waals surface area (Å²) in [6.07, 6.45) is 0. The lowest BCUT2D eigenvalue weighted by molar-refractivity contribution is 0.0736. The Balaban J connectivity index is 2.36. The molecule has 0 spiro atoms. The predicted molar refractivity (Wildman–Crippen MR) is 94.1 cm³/mol. The van der Waals surface area contributed by atoms with Crippen molar-refractivity contribution in [2.45, 2.75) is 13.8 Å². The van der Waals surface area contributed by atoms with Gasteiger partial charge in [0.2, 0.25) is 0 Å². The molecule has 2 aromatic rings. The third-order valence-corrected chi connectivity index (χ3v) is 4.85. The van der Waals surface area contributed by atoms with Gasteiger partial charge in [0.15, 0.2) is 11.5 Å². The monoisotopic (exact) mass is 350 g/mol. The van der Waals surface area contributed by atoms with E-state index >= 15 is 0 Å². The normalized spacial score (nSPS) is 10.5. The molecule has 0 saturated carbocycles. The number of rotatable bonds is 7. The molecule has 0 saturated heterocycles. The summed E-state index contributed by atoms with van der Waals surface area (Å²) in [4.78, 5) is 19.3. The summed E-state index contributed by atoms with van der Waals surface area (Å²) in [5, 5.41) is 9.84. The molecule has 1 heterocycles. The van der Waals surface area contributed by atoms with Gasteiger partial charge in [0.05, 0.1) is 26.5 Å². The highest BCUT2D eigenvalue weighted by molar-refractivity contribution is 7.17. The van der Waals surface area contributed by atoms with Crippen molar-refractivity contribution >= 4 is 17.2 Å². The highest BCUT2D eigenvalue weighted by atomic mass is 32.1. The van der Waals surface area contributed by atoms with E-state index in [1.54, 1.807) is 19.1 Å². The maximum atomic E-state index is 12.6. The first-order valence-corrected chi connectivity index (χ1v) is 8.47. The molecule has 1 N–H and O–H groups in total. The average molecular weight is 350 g/mol. The zero-order valence-electron chi connectivity index (χ0n) is 14.3. The quantitative estimate of drug-likeness (QED) is 0.831. The number of hydrogen-bond donors (Lipinski definition) is 1. The molecule has 0 aliphatic heterocycles. The van der Waals surface area contributed by atoms with Crippen LogP contribution in [0, 0.1) is 6.92 Å². The summed E-state index contributed by atoms with van der Waals surface area (Å²) in [5.74, 6) is 1.16. The molecule has 0 unspecified atom stereocenters. The van der Waals surface area contributed by atoms with Crippen molar-refractivity contribution in [3.8, 4) is 22.1 Å². The fourth-order valence-electron chi connectivity index (χ4n) is 2.36. The van der Waals surface area contributed by atoms with Gasteiger partial charge in [-0.3, -0.25) is 4.79 Å². The molecule has 7 heteroatoms. The van der Waals surface area contributed by atoms with Gasteiger partial charge in [-0.1, -0.05) is 0 Å². The van der Waals surface area contributed by atoms with E-state index < -0.39 is 0 Å². The summed E-state index contributed by atoms with van der Waals surface area (Å²) in [6, 6.07) is 5.55. The lowest BCUT2D eigenvalue weighted by Crippen LogP contribution is -2.33. The molecule has 130 valence electrons. The van der Waals surface area contributed by atoms with E-state index in [-0.39, 0.29) is 12.5 Å². The van der Waals surface area contributed by atoms with Crippen LogP contribution in [0.4, 0.5) is 0 Å². The van der Waals surface area contributed by atoms with Crippen molar-refractivity contribution < 1.29 is 19.4 Å². The van der Waals surface area contributed by atoms with Crippen molar-refractivity contribution in [3.05, 3.63) is 28.8 Å². The molecule has 1 aromatic carbocycles. The number of hydrogen-bond acceptors (Lipinski definition) is 6. The first-order valence-electron chi connectivity index (χ1n) is 7.65. The van der Waals surface area contributed by atoms with E-state index in [4.69, 9.17) is 14.6 Å². The summed E-state index contributed by atoms with van der Waals surface area (Å²) < 4.78 is 10.6. The van der Waals surface area contributed by atoms with E-state index in [1.165, 1.54) is 11.3 Å². The van der Waals surface area contributed by atoms with Gasteiger partial charge in [-0.25, -0.2) is 4.98 Å². The number of carbonyl (C=O) groups excluding carboxylic acids is 1. The minimum atomic E-state index is -0.103. The molecule has 2 rings (SSSR count). The molecule has 1 aromatic heterocycles. The Morgan fingerprint density at radius 3 is 2.58 bits per heavy atom. The Morgan fingerprint density at radius 2 is 2.00 bits per heavy atom. The van der Waals surface area contributed by atoms with Crippen molar-refractivity contribution in [3.63, 3.8) is 0 Å². The number of carbonyl (C=O) groups is 1. The fraction of sp³-hybridized carbons (Fsp3) is 0.412. The number of aliphatic hydroxyl groups excluding tert-OH is 1. The van der Waals surface area contributed by atoms with Crippen LogP contribution >= 0.6 is 11.3 Å². The maximum absolute atomic E-state index is 12.6. The van der Waals surface area contributed by atoms with Crippen LogP contribution in [0.15, 0.2) is 18.2 Å². The van der Waals surface area contributed by atoms with Crippen molar-refractivity contribution in [1.29, 1.82) is 0 Å². The van der Waals surface area contributed by atoms with Gasteiger partial charge in [0.25, 0.3) is 5.91 Å². The van der Waals surface area contributed by atoms with E-state index in [0.717, 1.165) is 10.6 Å². The Hall–Kier alpha value is -2.12. The van der Waals surface area contributed by atoms with Gasteiger partial charge in [0.1, 0.15) is 9.88 Å². The van der Waals surface area contributed by atoms with Gasteiger partial charge in [-0.05, 0) is 32.0 Å². The van der Waals surface area contributed by atoms with Crippen molar-refractivity contribution in [2.75, 3.05) is 33.9 Å². The van der Waals surface area contributed by atoms with Crippen LogP contribution in [0.3, 0.4) is 0 Å². The summed E-state index contributed by atoms with van der Waals surface area (Å²) in [7, 11) is 3.17. The van der Waals surface area contributed by atoms with Gasteiger partial charge in [-0.15, -0.1) is 11.3 Å². The molecule has 0 atom stereocenters. The van der Waals surface area contributed by atoms with Crippen LogP contribution < -0.4 is 9.47 Å². The van der Waals surface area contributed by atoms with Crippen LogP contribution in [0.25, 0.3) is 10.6 Å². The van der Waals surface area contributed by atoms with E-state index in [9.17, 15) is 4.79 Å². The van der Waals surface area contributed by atoms with Crippen molar-refractivity contribution in [2.24, 2.45) is 0 Å². The second kappa shape index (κ2) is 8.12. The van der Waals surface area contributed by atoms with E-state index in [0.29, 0.717) is 35.2 Å². The Morgan fingerprint density at radius 1 is 1.29 bits per heavy atom. The Bertz CT molecular complexity index is 715. The molecule has 0 radical (unpaired) electrons. The van der Waals surface area contributed by atoms with Crippen LogP contribution in [0.2, 0.25) is 0 Å². The molecular formula is C17H22N2O4S. The summed E-state index contributed by atoms with van der Waals surface area (Å²) in [5.41, 5.74) is 1.55. The number of aliphatic hydroxyl groups is 1. The smallest absolute Gasteiger partial charge is 0.265 e. The third-order valence-electron chi connectivity index (χ3n) is 3.66. The number of methoxy groups -OCH3 is 2. The van der Waals surface area contributed by atoms with Crippen LogP contribution in [0.5, 0.6) is 11.5 Å². The van der Waals surface area contributed by atoms with Gasteiger partial charge in [-0.2, -0.15) is 0 Å². The fourth-order valence-corrected chi connectivity index (χ4v) is 3.39. The maximum Gasteiger partial charge on any atom is 0.265 e. The minimum absolute atomic E-state index is 0.0556. The first-order chi connectivity index (χ1) is 11.5. The zero-order valence-corrected chi connectivity index (χ0v) is 15.1. The minimum Gasteiger partial charge on any atom is -0.493 e. The highest BCUT2D eigenvalue weighted by Crippen LogP contribution is 2.35. The highest BCUT2D eigenvalue weighted by Gasteiger charge is 2.21. The predicted octanol–water partition coefficient (Wildman–Crippen LogP) is 2.59. The van der Waals surface area contributed by atoms with Crippen LogP contribution in [0.1, 0.15) is 22.3 Å². The number of aromatic nitrogens is 1. The van der Waals surface area contributed by atoms with Gasteiger partial charge < -0.3 is 19.5 Å². The largest absolute Gasteiger partial charge is 0.493 e. The molecule has 1 amide bonds. The number of benzene rings is 1. The van der Waals surface area contributed by atoms with Crippen molar-refractivity contribution in [1.82, 2.24) is 9.88 Å². The number of thiazole rings is 1. The van der Waals surface area contributed by atoms with E-state index in [2.05, 4.69) is 4.98 Å². The lowest BCUT2D eigenvalue weighted by Gasteiger charge is -2.18. The number of amides is 1. The van der Waals surface area contributed by atoms with Gasteiger partial charge in [0, 0.05) is 18.7 Å². The van der Waals surface area contributed by atoms with Crippen LogP contribution in [-0.2, 0) is 0 Å². The summed E-state index contributed by atoms with van der Waals surface area (Å²) >= 11 is 1.34.